The third-order valence-electron chi connectivity index (χ3n) is 8.10. The van der Waals surface area contributed by atoms with Gasteiger partial charge in [-0.1, -0.05) is 20.8 Å². The first-order valence-corrected chi connectivity index (χ1v) is 21.5. The van der Waals surface area contributed by atoms with Crippen LogP contribution < -0.4 is 0 Å². The Bertz CT molecular complexity index is 1100. The summed E-state index contributed by atoms with van der Waals surface area (Å²) in [5, 5.41) is 8.62. The Morgan fingerprint density at radius 1 is 0.574 bits per heavy atom. The van der Waals surface area contributed by atoms with Gasteiger partial charge in [-0.05, 0) is 88.9 Å². The van der Waals surface area contributed by atoms with Crippen molar-refractivity contribution in [1.82, 2.24) is 0 Å². The van der Waals surface area contributed by atoms with Gasteiger partial charge >= 0.3 is 33.1 Å². The Labute approximate surface area is 276 Å². The maximum atomic E-state index is 12.0. The standard InChI is InChI=1S/C11H21O4P.C9H17O6P.C8H15O6P/c1-8-5-6-9(7-8)15-11(10(12)14-2)16(3,4)13;1-6-3-4-7(5-6)15-9(8(10)14-2)16(11,12)13;1-5-2-3-6(4-5)14-8(7(9)10)15(11,12)13/h8-9,11H,5-7H2,1-4H3;6-7,9H,3-5H2,1-2H3,(H2,11,12,13);5-6,8H,2-4H2,1H3,(H,9,10)(H2,11,12,13)/t8-,9+,11?;6-,7+,9?;5-,6+,8?/m000/s1. The minimum Gasteiger partial charge on any atom is -0.479 e. The lowest BCUT2D eigenvalue weighted by molar-refractivity contribution is -0.152. The quantitative estimate of drug-likeness (QED) is 0.140. The molecule has 47 heavy (non-hydrogen) atoms. The van der Waals surface area contributed by atoms with E-state index in [1.807, 2.05) is 13.8 Å². The highest BCUT2D eigenvalue weighted by molar-refractivity contribution is 7.63. The molecule has 9 atom stereocenters. The van der Waals surface area contributed by atoms with E-state index in [0.29, 0.717) is 43.4 Å². The summed E-state index contributed by atoms with van der Waals surface area (Å²) in [5.74, 6) is -6.35. The van der Waals surface area contributed by atoms with Crippen molar-refractivity contribution >= 4 is 40.2 Å². The topological polar surface area (TPSA) is 250 Å². The Morgan fingerprint density at radius 3 is 1.11 bits per heavy atom. The number of ether oxygens (including phenoxy) is 5. The SMILES string of the molecule is COC(=O)C(O[C@@H]1CC[C@H](C)C1)P(=O)(O)O.COC(=O)C(O[C@@H]1CC[C@H](C)C1)P(C)(C)=O.C[C@H]1CC[C@@H](OC(C(=O)O)P(=O)(O)O)C1. The molecular formula is C28H53O16P3. The van der Waals surface area contributed by atoms with Gasteiger partial charge in [0.15, 0.2) is 0 Å². The smallest absolute Gasteiger partial charge is 0.365 e. The summed E-state index contributed by atoms with van der Waals surface area (Å²) in [6, 6.07) is 0. The fraction of sp³-hybridized carbons (Fsp3) is 0.893. The van der Waals surface area contributed by atoms with Gasteiger partial charge in [0, 0.05) is 0 Å². The molecule has 3 aliphatic carbocycles. The Hall–Kier alpha value is -1.18. The highest BCUT2D eigenvalue weighted by Gasteiger charge is 2.42. The predicted molar refractivity (Wildman–Crippen MR) is 170 cm³/mol. The van der Waals surface area contributed by atoms with Crippen LogP contribution in [0.3, 0.4) is 0 Å². The molecule has 3 aliphatic rings. The summed E-state index contributed by atoms with van der Waals surface area (Å²) < 4.78 is 58.6. The van der Waals surface area contributed by atoms with Crippen LogP contribution in [0.15, 0.2) is 0 Å². The molecule has 0 radical (unpaired) electrons. The number of hydrogen-bond donors (Lipinski definition) is 5. The highest BCUT2D eigenvalue weighted by atomic mass is 31.2. The van der Waals surface area contributed by atoms with Crippen LogP contribution in [0.1, 0.15) is 78.6 Å². The molecule has 0 aromatic rings. The van der Waals surface area contributed by atoms with E-state index in [1.54, 1.807) is 13.3 Å². The summed E-state index contributed by atoms with van der Waals surface area (Å²) in [6.07, 6.45) is 7.00. The van der Waals surface area contributed by atoms with Crippen LogP contribution in [0.5, 0.6) is 0 Å². The molecule has 0 aliphatic heterocycles. The van der Waals surface area contributed by atoms with E-state index in [1.165, 1.54) is 7.11 Å². The largest absolute Gasteiger partial charge is 0.479 e. The number of carboxylic acid groups (broad SMARTS) is 1. The number of aliphatic carboxylic acids is 1. The lowest BCUT2D eigenvalue weighted by Gasteiger charge is -2.23. The van der Waals surface area contributed by atoms with Crippen molar-refractivity contribution in [3.05, 3.63) is 0 Å². The van der Waals surface area contributed by atoms with Crippen molar-refractivity contribution in [2.45, 2.75) is 114 Å². The first-order chi connectivity index (χ1) is 21.5. The van der Waals surface area contributed by atoms with Crippen LogP contribution in [0, 0.1) is 17.8 Å². The summed E-state index contributed by atoms with van der Waals surface area (Å²) >= 11 is 0. The fourth-order valence-electron chi connectivity index (χ4n) is 5.59. The molecule has 0 bridgehead atoms. The van der Waals surface area contributed by atoms with Crippen molar-refractivity contribution < 1.29 is 76.4 Å². The maximum Gasteiger partial charge on any atom is 0.365 e. The van der Waals surface area contributed by atoms with E-state index in [4.69, 9.17) is 38.9 Å². The monoisotopic (exact) mass is 738 g/mol. The zero-order valence-electron chi connectivity index (χ0n) is 28.1. The van der Waals surface area contributed by atoms with Crippen LogP contribution in [-0.4, -0.2) is 106 Å². The van der Waals surface area contributed by atoms with Crippen molar-refractivity contribution in [2.24, 2.45) is 17.8 Å². The highest BCUT2D eigenvalue weighted by Crippen LogP contribution is 2.47. The summed E-state index contributed by atoms with van der Waals surface area (Å²) in [6.45, 7) is 9.32. The molecule has 19 heteroatoms. The van der Waals surface area contributed by atoms with Gasteiger partial charge in [0.1, 0.15) is 7.14 Å². The fourth-order valence-corrected chi connectivity index (χ4v) is 8.00. The molecule has 276 valence electrons. The van der Waals surface area contributed by atoms with E-state index in [2.05, 4.69) is 16.4 Å². The molecule has 0 heterocycles. The maximum absolute atomic E-state index is 12.0. The van der Waals surface area contributed by atoms with Crippen molar-refractivity contribution in [1.29, 1.82) is 0 Å². The number of esters is 2. The van der Waals surface area contributed by atoms with E-state index in [0.717, 1.165) is 39.2 Å². The van der Waals surface area contributed by atoms with E-state index >= 15 is 0 Å². The molecule has 0 spiro atoms. The summed E-state index contributed by atoms with van der Waals surface area (Å²) in [4.78, 5) is 68.8. The average molecular weight is 739 g/mol. The zero-order valence-corrected chi connectivity index (χ0v) is 30.8. The minimum atomic E-state index is -4.73. The van der Waals surface area contributed by atoms with Crippen LogP contribution in [-0.2, 0) is 51.8 Å². The van der Waals surface area contributed by atoms with Gasteiger partial charge in [0.05, 0.1) is 32.5 Å². The van der Waals surface area contributed by atoms with Crippen molar-refractivity contribution in [3.8, 4) is 0 Å². The minimum absolute atomic E-state index is 0.0484. The molecule has 5 N–H and O–H groups in total. The first-order valence-electron chi connectivity index (χ1n) is 15.5. The van der Waals surface area contributed by atoms with Gasteiger partial charge in [-0.25, -0.2) is 14.4 Å². The van der Waals surface area contributed by atoms with Gasteiger partial charge < -0.3 is 52.9 Å². The third kappa shape index (κ3) is 15.9. The molecule has 3 saturated carbocycles. The number of carbonyl (C=O) groups is 3. The normalized spacial score (nSPS) is 28.1. The second-order valence-electron chi connectivity index (χ2n) is 13.1. The molecule has 0 aromatic carbocycles. The van der Waals surface area contributed by atoms with Crippen LogP contribution >= 0.6 is 22.3 Å². The van der Waals surface area contributed by atoms with Crippen molar-refractivity contribution in [3.63, 3.8) is 0 Å². The lowest BCUT2D eigenvalue weighted by Crippen LogP contribution is -2.29. The van der Waals surface area contributed by atoms with Crippen molar-refractivity contribution in [2.75, 3.05) is 27.5 Å². The molecule has 3 rings (SSSR count). The number of methoxy groups -OCH3 is 2. The van der Waals surface area contributed by atoms with E-state index < -0.39 is 57.8 Å². The number of rotatable bonds is 12. The summed E-state index contributed by atoms with van der Waals surface area (Å²) in [7, 11) is -9.59. The zero-order chi connectivity index (χ0) is 36.3. The molecule has 16 nitrogen and oxygen atoms in total. The van der Waals surface area contributed by atoms with Crippen LogP contribution in [0.4, 0.5) is 0 Å². The molecule has 0 saturated heterocycles. The van der Waals surface area contributed by atoms with Gasteiger partial charge in [-0.3, -0.25) is 9.13 Å². The molecule has 3 unspecified atom stereocenters. The Balaban J connectivity index is 0.000000353. The molecule has 0 aromatic heterocycles. The van der Waals surface area contributed by atoms with E-state index in [-0.39, 0.29) is 18.3 Å². The van der Waals surface area contributed by atoms with Gasteiger partial charge in [-0.2, -0.15) is 0 Å². The molecule has 3 fully saturated rings. The number of carbonyl (C=O) groups excluding carboxylic acids is 2. The van der Waals surface area contributed by atoms with Crippen LogP contribution in [0.25, 0.3) is 0 Å². The summed E-state index contributed by atoms with van der Waals surface area (Å²) in [5.41, 5.74) is 0. The predicted octanol–water partition coefficient (Wildman–Crippen LogP) is 3.96. The average Bonchev–Trinajstić information content (AvgIpc) is 3.67. The molecular weight excluding hydrogens is 685 g/mol. The second kappa shape index (κ2) is 19.3. The van der Waals surface area contributed by atoms with Gasteiger partial charge in [-0.15, -0.1) is 0 Å². The third-order valence-corrected chi connectivity index (χ3v) is 11.5. The number of hydrogen-bond acceptors (Lipinski definition) is 11. The van der Waals surface area contributed by atoms with Gasteiger partial charge in [0.25, 0.3) is 11.7 Å². The lowest BCUT2D eigenvalue weighted by atomic mass is 10.1. The van der Waals surface area contributed by atoms with Crippen LogP contribution in [0.2, 0.25) is 0 Å². The first kappa shape index (κ1) is 43.8. The second-order valence-corrected chi connectivity index (χ2v) is 19.7. The van der Waals surface area contributed by atoms with Gasteiger partial charge in [0.2, 0.25) is 5.85 Å². The number of carboxylic acids is 1. The molecule has 0 amide bonds. The Kier molecular flexibility index (Phi) is 18.0. The van der Waals surface area contributed by atoms with E-state index in [9.17, 15) is 28.1 Å². The Morgan fingerprint density at radius 2 is 0.872 bits per heavy atom.